The Hall–Kier alpha value is -2.84. The van der Waals surface area contributed by atoms with E-state index >= 15 is 0 Å². The van der Waals surface area contributed by atoms with Crippen LogP contribution in [0.2, 0.25) is 0 Å². The lowest BCUT2D eigenvalue weighted by Crippen LogP contribution is -2.60. The number of aromatic nitrogens is 1. The molecule has 9 atom stereocenters. The molecule has 0 amide bonds. The van der Waals surface area contributed by atoms with Gasteiger partial charge in [-0.3, -0.25) is 0 Å². The number of carbonyl (C=O) groups excluding carboxylic acids is 1. The second kappa shape index (κ2) is 11.3. The van der Waals surface area contributed by atoms with Crippen molar-refractivity contribution in [2.24, 2.45) is 11.8 Å². The molecule has 11 nitrogen and oxygen atoms in total. The van der Waals surface area contributed by atoms with Gasteiger partial charge in [0, 0.05) is 34.5 Å². The highest BCUT2D eigenvalue weighted by molar-refractivity contribution is 5.89. The monoisotopic (exact) mass is 548 g/mol. The molecule has 212 valence electrons. The molecule has 0 aliphatic carbocycles. The minimum absolute atomic E-state index is 0.240. The summed E-state index contributed by atoms with van der Waals surface area (Å²) in [5.74, 6) is -2.07. The molecule has 39 heavy (non-hydrogen) atoms. The summed E-state index contributed by atoms with van der Waals surface area (Å²) in [6.07, 6.45) is -4.58. The van der Waals surface area contributed by atoms with Crippen molar-refractivity contribution < 1.29 is 48.6 Å². The predicted molar refractivity (Wildman–Crippen MR) is 134 cm³/mol. The van der Waals surface area contributed by atoms with Crippen LogP contribution in [-0.4, -0.2) is 88.6 Å². The molecule has 0 saturated carbocycles. The number of halogens is 1. The van der Waals surface area contributed by atoms with Gasteiger partial charge < -0.3 is 49.7 Å². The molecule has 2 aromatic rings. The smallest absolute Gasteiger partial charge is 0.337 e. The highest BCUT2D eigenvalue weighted by Gasteiger charge is 2.48. The third-order valence-corrected chi connectivity index (χ3v) is 7.82. The van der Waals surface area contributed by atoms with Crippen LogP contribution in [-0.2, 0) is 30.2 Å². The number of hydrogen-bond donors (Lipinski definition) is 6. The van der Waals surface area contributed by atoms with Gasteiger partial charge in [-0.2, -0.15) is 0 Å². The molecule has 1 aromatic carbocycles. The number of carbonyl (C=O) groups is 1. The van der Waals surface area contributed by atoms with Crippen molar-refractivity contribution in [3.63, 3.8) is 0 Å². The first kappa shape index (κ1) is 27.7. The van der Waals surface area contributed by atoms with Gasteiger partial charge >= 0.3 is 5.97 Å². The molecular weight excluding hydrogens is 515 g/mol. The van der Waals surface area contributed by atoms with Crippen molar-refractivity contribution in [2.75, 3.05) is 20.3 Å². The van der Waals surface area contributed by atoms with Crippen molar-refractivity contribution in [2.45, 2.75) is 55.9 Å². The minimum atomic E-state index is -1.63. The van der Waals surface area contributed by atoms with Gasteiger partial charge in [0.15, 0.2) is 6.29 Å². The second-order valence-corrected chi connectivity index (χ2v) is 10.0. The van der Waals surface area contributed by atoms with Gasteiger partial charge in [0.2, 0.25) is 6.29 Å². The summed E-state index contributed by atoms with van der Waals surface area (Å²) < 4.78 is 36.1. The normalized spacial score (nSPS) is 34.6. The zero-order valence-electron chi connectivity index (χ0n) is 21.3. The van der Waals surface area contributed by atoms with Crippen LogP contribution >= 0.6 is 0 Å². The van der Waals surface area contributed by atoms with Crippen LogP contribution in [0.15, 0.2) is 42.7 Å². The lowest BCUT2D eigenvalue weighted by molar-refractivity contribution is -0.339. The average molecular weight is 549 g/mol. The molecule has 12 heteroatoms. The van der Waals surface area contributed by atoms with E-state index in [1.165, 1.54) is 25.5 Å². The number of aliphatic hydroxyl groups excluding tert-OH is 4. The fraction of sp³-hybridized carbons (Fsp3) is 0.519. The maximum atomic E-state index is 14.0. The van der Waals surface area contributed by atoms with Crippen LogP contribution in [0.4, 0.5) is 4.39 Å². The van der Waals surface area contributed by atoms with Crippen LogP contribution in [0.5, 0.6) is 0 Å². The summed E-state index contributed by atoms with van der Waals surface area (Å²) in [7, 11) is 1.27. The van der Waals surface area contributed by atoms with E-state index in [0.29, 0.717) is 19.4 Å². The topological polar surface area (TPSA) is 163 Å². The number of benzene rings is 1. The molecule has 0 bridgehead atoms. The Bertz CT molecular complexity index is 1250. The summed E-state index contributed by atoms with van der Waals surface area (Å²) >= 11 is 0. The maximum Gasteiger partial charge on any atom is 0.337 e. The van der Waals surface area contributed by atoms with E-state index in [2.05, 4.69) is 16.9 Å². The fourth-order valence-corrected chi connectivity index (χ4v) is 5.76. The minimum Gasteiger partial charge on any atom is -0.471 e. The van der Waals surface area contributed by atoms with Crippen LogP contribution in [0.25, 0.3) is 10.9 Å². The van der Waals surface area contributed by atoms with Gasteiger partial charge in [-0.15, -0.1) is 6.58 Å². The Morgan fingerprint density at radius 2 is 2.03 bits per heavy atom. The number of ether oxygens (including phenoxy) is 4. The highest BCUT2D eigenvalue weighted by Crippen LogP contribution is 2.42. The van der Waals surface area contributed by atoms with Crippen LogP contribution < -0.4 is 5.32 Å². The molecule has 4 heterocycles. The molecule has 6 N–H and O–H groups in total. The third-order valence-electron chi connectivity index (χ3n) is 7.82. The molecule has 3 aliphatic rings. The van der Waals surface area contributed by atoms with E-state index in [9.17, 15) is 29.6 Å². The summed E-state index contributed by atoms with van der Waals surface area (Å²) in [6.45, 7) is 3.95. The van der Waals surface area contributed by atoms with E-state index in [1.807, 2.05) is 0 Å². The van der Waals surface area contributed by atoms with Crippen LogP contribution in [0, 0.1) is 17.7 Å². The zero-order chi connectivity index (χ0) is 27.8. The summed E-state index contributed by atoms with van der Waals surface area (Å²) in [4.78, 5) is 16.1. The van der Waals surface area contributed by atoms with Gasteiger partial charge in [-0.1, -0.05) is 6.08 Å². The molecule has 5 rings (SSSR count). The Morgan fingerprint density at radius 1 is 1.23 bits per heavy atom. The maximum absolute atomic E-state index is 14.0. The number of fused-ring (bicyclic) bond motifs is 3. The number of aromatic amines is 1. The Balaban J connectivity index is 1.43. The largest absolute Gasteiger partial charge is 0.471 e. The Morgan fingerprint density at radius 3 is 2.74 bits per heavy atom. The zero-order valence-corrected chi connectivity index (χ0v) is 21.3. The molecule has 1 fully saturated rings. The lowest BCUT2D eigenvalue weighted by atomic mass is 9.78. The number of nitrogens with one attached hydrogen (secondary N) is 2. The molecule has 3 aliphatic heterocycles. The quantitative estimate of drug-likeness (QED) is 0.213. The van der Waals surface area contributed by atoms with Crippen molar-refractivity contribution in [1.29, 1.82) is 0 Å². The standard InChI is InChI=1S/C27H33FN2O9/c1-3-13-15(9-19-21-14(6-7-29-19)16-8-12(28)4-5-18(16)30-21)17(25(35)36-2)11-37-26(13)39-27-24(34)23(33)22(32)20(10-31)38-27/h3-5,8,11,13,15,19-20,22-24,26-27,29-34H,1,6-7,9-10H2,2H3/t13-,15+,19+,20-,22-,23+,24-,26+,27+/m1/s1. The van der Waals surface area contributed by atoms with Crippen molar-refractivity contribution >= 4 is 16.9 Å². The first-order chi connectivity index (χ1) is 18.8. The molecule has 1 aromatic heterocycles. The van der Waals surface area contributed by atoms with Crippen LogP contribution in [0.1, 0.15) is 23.7 Å². The van der Waals surface area contributed by atoms with Crippen molar-refractivity contribution in [3.8, 4) is 0 Å². The van der Waals surface area contributed by atoms with E-state index in [1.54, 1.807) is 12.1 Å². The van der Waals surface area contributed by atoms with Crippen LogP contribution in [0.3, 0.4) is 0 Å². The molecule has 0 spiro atoms. The third kappa shape index (κ3) is 5.09. The summed E-state index contributed by atoms with van der Waals surface area (Å²) in [5, 5.41) is 44.5. The average Bonchev–Trinajstić information content (AvgIpc) is 3.31. The molecule has 0 radical (unpaired) electrons. The number of rotatable bonds is 7. The lowest BCUT2D eigenvalue weighted by Gasteiger charge is -2.43. The van der Waals surface area contributed by atoms with Crippen molar-refractivity contribution in [3.05, 3.63) is 59.8 Å². The van der Waals surface area contributed by atoms with Gasteiger partial charge in [0.05, 0.1) is 25.6 Å². The first-order valence-electron chi connectivity index (χ1n) is 12.8. The van der Waals surface area contributed by atoms with Gasteiger partial charge in [0.1, 0.15) is 30.2 Å². The molecule has 0 unspecified atom stereocenters. The van der Waals surface area contributed by atoms with E-state index in [0.717, 1.165) is 22.2 Å². The first-order valence-corrected chi connectivity index (χ1v) is 12.8. The predicted octanol–water partition coefficient (Wildman–Crippen LogP) is 0.532. The number of H-pyrrole nitrogens is 1. The van der Waals surface area contributed by atoms with E-state index in [4.69, 9.17) is 18.9 Å². The summed E-state index contributed by atoms with van der Waals surface area (Å²) in [5.41, 5.74) is 2.97. The number of hydrogen-bond acceptors (Lipinski definition) is 10. The van der Waals surface area contributed by atoms with E-state index in [-0.39, 0.29) is 17.4 Å². The van der Waals surface area contributed by atoms with E-state index < -0.39 is 61.4 Å². The van der Waals surface area contributed by atoms with Crippen molar-refractivity contribution in [1.82, 2.24) is 10.3 Å². The molecule has 1 saturated heterocycles. The van der Waals surface area contributed by atoms with Gasteiger partial charge in [-0.25, -0.2) is 9.18 Å². The van der Waals surface area contributed by atoms with Gasteiger partial charge in [-0.05, 0) is 43.1 Å². The number of methoxy groups -OCH3 is 1. The fourth-order valence-electron chi connectivity index (χ4n) is 5.76. The Kier molecular flexibility index (Phi) is 8.06. The summed E-state index contributed by atoms with van der Waals surface area (Å²) in [6, 6.07) is 4.37. The highest BCUT2D eigenvalue weighted by atomic mass is 19.1. The second-order valence-electron chi connectivity index (χ2n) is 10.0. The van der Waals surface area contributed by atoms with Gasteiger partial charge in [0.25, 0.3) is 0 Å². The SMILES string of the molecule is C=C[C@H]1[C@H](O[C@@H]2O[C@H](CO)[C@@H](O)[C@H](O)[C@H]2O)OC=C(C(=O)OC)[C@H]1C[C@@H]1NCCc2c1[nH]c1ccc(F)cc21. The number of aliphatic hydroxyl groups is 4. The Labute approximate surface area is 223 Å². The number of esters is 1. The molecular formula is C27H33FN2O9.